The third-order valence-corrected chi connectivity index (χ3v) is 7.80. The Balaban J connectivity index is 1.47. The van der Waals surface area contributed by atoms with Gasteiger partial charge in [-0.05, 0) is 71.7 Å². The quantitative estimate of drug-likeness (QED) is 0.439. The minimum Gasteiger partial charge on any atom is -0.491 e. The normalized spacial score (nSPS) is 17.7. The fourth-order valence-corrected chi connectivity index (χ4v) is 5.53. The van der Waals surface area contributed by atoms with Crippen molar-refractivity contribution in [3.63, 3.8) is 0 Å². The Morgan fingerprint density at radius 2 is 1.85 bits per heavy atom. The molecule has 0 N–H and O–H groups in total. The Morgan fingerprint density at radius 3 is 2.50 bits per heavy atom. The van der Waals surface area contributed by atoms with Gasteiger partial charge in [-0.2, -0.15) is 0 Å². The largest absolute Gasteiger partial charge is 0.491 e. The van der Waals surface area contributed by atoms with E-state index in [0.717, 1.165) is 25.0 Å². The van der Waals surface area contributed by atoms with E-state index in [1.54, 1.807) is 11.3 Å². The minimum absolute atomic E-state index is 0.0263. The van der Waals surface area contributed by atoms with Crippen LogP contribution in [-0.4, -0.2) is 47.9 Å². The highest BCUT2D eigenvalue weighted by Gasteiger charge is 2.35. The predicted molar refractivity (Wildman–Crippen MR) is 137 cm³/mol. The van der Waals surface area contributed by atoms with Crippen molar-refractivity contribution in [1.82, 2.24) is 9.80 Å². The van der Waals surface area contributed by atoms with Crippen molar-refractivity contribution in [1.29, 1.82) is 0 Å². The molecule has 1 aromatic heterocycles. The van der Waals surface area contributed by atoms with Crippen LogP contribution in [0.15, 0.2) is 35.7 Å². The Hall–Kier alpha value is -2.34. The van der Waals surface area contributed by atoms with Crippen molar-refractivity contribution >= 4 is 23.2 Å². The molecule has 1 saturated carbocycles. The van der Waals surface area contributed by atoms with Gasteiger partial charge >= 0.3 is 0 Å². The minimum atomic E-state index is -0.129. The Kier molecular flexibility index (Phi) is 7.97. The highest BCUT2D eigenvalue weighted by Crippen LogP contribution is 2.35. The lowest BCUT2D eigenvalue weighted by atomic mass is 10.00. The molecule has 1 atom stereocenters. The number of carbonyl (C=O) groups is 2. The van der Waals surface area contributed by atoms with Crippen molar-refractivity contribution in [3.05, 3.63) is 51.7 Å². The first-order valence-electron chi connectivity index (χ1n) is 12.7. The summed E-state index contributed by atoms with van der Waals surface area (Å²) in [4.78, 5) is 31.5. The first-order valence-corrected chi connectivity index (χ1v) is 13.6. The van der Waals surface area contributed by atoms with Gasteiger partial charge in [-0.25, -0.2) is 0 Å². The van der Waals surface area contributed by atoms with Crippen molar-refractivity contribution in [2.75, 3.05) is 26.2 Å². The standard InChI is InChI=1S/C28H38N2O3S/c1-19(2)15-27(31)29(16-21-5-6-21)17-28(32)30-13-11-26-24(12-14-34-26)25(30)18-33-23-9-7-22(8-10-23)20(3)4/h7-10,12,14,19-21,25H,5-6,11,13,15-18H2,1-4H3/t25-/m0/s1. The van der Waals surface area contributed by atoms with E-state index in [-0.39, 0.29) is 30.3 Å². The lowest BCUT2D eigenvalue weighted by Gasteiger charge is -2.37. The lowest BCUT2D eigenvalue weighted by molar-refractivity contribution is -0.143. The van der Waals surface area contributed by atoms with E-state index < -0.39 is 0 Å². The number of benzene rings is 1. The summed E-state index contributed by atoms with van der Waals surface area (Å²) in [6.45, 7) is 10.4. The summed E-state index contributed by atoms with van der Waals surface area (Å²) >= 11 is 1.75. The summed E-state index contributed by atoms with van der Waals surface area (Å²) in [6, 6.07) is 10.2. The fourth-order valence-electron chi connectivity index (χ4n) is 4.60. The molecule has 2 aromatic rings. The molecule has 6 heteroatoms. The molecule has 4 rings (SSSR count). The zero-order valence-electron chi connectivity index (χ0n) is 21.0. The second-order valence-electron chi connectivity index (χ2n) is 10.5. The van der Waals surface area contributed by atoms with Gasteiger partial charge in [0.15, 0.2) is 0 Å². The molecule has 34 heavy (non-hydrogen) atoms. The van der Waals surface area contributed by atoms with E-state index in [9.17, 15) is 9.59 Å². The molecule has 1 aliphatic heterocycles. The summed E-state index contributed by atoms with van der Waals surface area (Å²) in [5.41, 5.74) is 2.47. The maximum absolute atomic E-state index is 13.6. The van der Waals surface area contributed by atoms with Gasteiger partial charge < -0.3 is 14.5 Å². The molecule has 2 amide bonds. The smallest absolute Gasteiger partial charge is 0.242 e. The van der Waals surface area contributed by atoms with Gasteiger partial charge in [0.25, 0.3) is 0 Å². The number of amides is 2. The highest BCUT2D eigenvalue weighted by atomic mass is 32.1. The van der Waals surface area contributed by atoms with Crippen LogP contribution >= 0.6 is 11.3 Å². The number of hydrogen-bond donors (Lipinski definition) is 0. The molecular formula is C28H38N2O3S. The molecule has 1 aliphatic carbocycles. The van der Waals surface area contributed by atoms with Gasteiger partial charge in [-0.1, -0.05) is 39.8 Å². The van der Waals surface area contributed by atoms with Crippen LogP contribution < -0.4 is 4.74 Å². The van der Waals surface area contributed by atoms with Gasteiger partial charge in [0.1, 0.15) is 12.4 Å². The van der Waals surface area contributed by atoms with Crippen molar-refractivity contribution < 1.29 is 14.3 Å². The summed E-state index contributed by atoms with van der Waals surface area (Å²) in [5, 5.41) is 2.11. The third kappa shape index (κ3) is 6.21. The van der Waals surface area contributed by atoms with Crippen LogP contribution in [0.2, 0.25) is 0 Å². The maximum atomic E-state index is 13.6. The van der Waals surface area contributed by atoms with Crippen LogP contribution in [0.1, 0.15) is 74.9 Å². The van der Waals surface area contributed by atoms with E-state index in [0.29, 0.717) is 38.0 Å². The first kappa shape index (κ1) is 24.8. The van der Waals surface area contributed by atoms with Crippen LogP contribution in [0.5, 0.6) is 5.75 Å². The molecule has 2 aliphatic rings. The van der Waals surface area contributed by atoms with Crippen LogP contribution in [-0.2, 0) is 16.0 Å². The topological polar surface area (TPSA) is 49.9 Å². The number of ether oxygens (including phenoxy) is 1. The van der Waals surface area contributed by atoms with Gasteiger partial charge in [-0.15, -0.1) is 11.3 Å². The number of nitrogens with zero attached hydrogens (tertiary/aromatic N) is 2. The average molecular weight is 483 g/mol. The highest BCUT2D eigenvalue weighted by molar-refractivity contribution is 7.10. The number of thiophene rings is 1. The van der Waals surface area contributed by atoms with Crippen LogP contribution in [0.4, 0.5) is 0 Å². The predicted octanol–water partition coefficient (Wildman–Crippen LogP) is 5.66. The summed E-state index contributed by atoms with van der Waals surface area (Å²) in [7, 11) is 0. The molecular weight excluding hydrogens is 444 g/mol. The number of fused-ring (bicyclic) bond motifs is 1. The van der Waals surface area contributed by atoms with Crippen molar-refractivity contribution in [3.8, 4) is 5.75 Å². The SMILES string of the molecule is CC(C)CC(=O)N(CC(=O)N1CCc2sccc2[C@@H]1COc1ccc(C(C)C)cc1)CC1CC1. The molecule has 0 bridgehead atoms. The molecule has 0 unspecified atom stereocenters. The van der Waals surface area contributed by atoms with Gasteiger partial charge in [0, 0.05) is 24.4 Å². The average Bonchev–Trinajstić information content (AvgIpc) is 3.49. The second kappa shape index (κ2) is 10.9. The summed E-state index contributed by atoms with van der Waals surface area (Å²) in [5.74, 6) is 2.27. The van der Waals surface area contributed by atoms with E-state index in [1.807, 2.05) is 21.9 Å². The molecule has 1 aromatic carbocycles. The van der Waals surface area contributed by atoms with Gasteiger partial charge in [0.05, 0.1) is 12.6 Å². The first-order chi connectivity index (χ1) is 16.3. The molecule has 184 valence electrons. The van der Waals surface area contributed by atoms with Crippen molar-refractivity contribution in [2.24, 2.45) is 11.8 Å². The van der Waals surface area contributed by atoms with Crippen LogP contribution in [0.3, 0.4) is 0 Å². The van der Waals surface area contributed by atoms with E-state index in [4.69, 9.17) is 4.74 Å². The Bertz CT molecular complexity index is 978. The lowest BCUT2D eigenvalue weighted by Crippen LogP contribution is -2.48. The molecule has 0 saturated heterocycles. The van der Waals surface area contributed by atoms with E-state index >= 15 is 0 Å². The second-order valence-corrected chi connectivity index (χ2v) is 11.5. The van der Waals surface area contributed by atoms with Gasteiger partial charge in [0.2, 0.25) is 11.8 Å². The van der Waals surface area contributed by atoms with Crippen LogP contribution in [0.25, 0.3) is 0 Å². The Morgan fingerprint density at radius 1 is 1.12 bits per heavy atom. The number of hydrogen-bond acceptors (Lipinski definition) is 4. The number of rotatable bonds is 10. The van der Waals surface area contributed by atoms with E-state index in [2.05, 4.69) is 51.3 Å². The number of carbonyl (C=O) groups excluding carboxylic acids is 2. The third-order valence-electron chi connectivity index (χ3n) is 6.81. The summed E-state index contributed by atoms with van der Waals surface area (Å²) < 4.78 is 6.20. The molecule has 0 spiro atoms. The molecule has 0 radical (unpaired) electrons. The molecule has 1 fully saturated rings. The Labute approximate surface area is 208 Å². The molecule has 2 heterocycles. The van der Waals surface area contributed by atoms with E-state index in [1.165, 1.54) is 16.0 Å². The maximum Gasteiger partial charge on any atom is 0.242 e. The zero-order valence-corrected chi connectivity index (χ0v) is 21.8. The summed E-state index contributed by atoms with van der Waals surface area (Å²) in [6.07, 6.45) is 3.68. The monoisotopic (exact) mass is 482 g/mol. The van der Waals surface area contributed by atoms with Gasteiger partial charge in [-0.3, -0.25) is 9.59 Å². The fraction of sp³-hybridized carbons (Fsp3) is 0.571. The zero-order chi connectivity index (χ0) is 24.2. The van der Waals surface area contributed by atoms with Crippen molar-refractivity contribution in [2.45, 2.75) is 65.3 Å². The van der Waals surface area contributed by atoms with Crippen LogP contribution in [0, 0.1) is 11.8 Å². The molecule has 5 nitrogen and oxygen atoms in total.